The second-order valence-corrected chi connectivity index (χ2v) is 8.44. The second-order valence-electron chi connectivity index (χ2n) is 8.44. The summed E-state index contributed by atoms with van der Waals surface area (Å²) in [5, 5.41) is 15.0. The highest BCUT2D eigenvalue weighted by Gasteiger charge is 2.10. The number of aryl methyl sites for hydroxylation is 2. The number of allylic oxidation sites excluding steroid dienone is 2. The Kier molecular flexibility index (Phi) is 5.59. The number of hydrogen-bond acceptors (Lipinski definition) is 2. The number of fused-ring (bicyclic) bond motifs is 1. The summed E-state index contributed by atoms with van der Waals surface area (Å²) in [7, 11) is 0. The Hall–Kier alpha value is -3.66. The summed E-state index contributed by atoms with van der Waals surface area (Å²) < 4.78 is 1.99. The number of benzene rings is 3. The first kappa shape index (κ1) is 20.3. The molecule has 0 atom stereocenters. The highest BCUT2D eigenvalue weighted by atomic mass is 16.4. The van der Waals surface area contributed by atoms with Crippen molar-refractivity contribution in [3.63, 3.8) is 0 Å². The molecular formula is C28H26N2O2. The van der Waals surface area contributed by atoms with Gasteiger partial charge in [-0.1, -0.05) is 54.6 Å². The van der Waals surface area contributed by atoms with Crippen molar-refractivity contribution in [1.82, 2.24) is 9.78 Å². The normalized spacial score (nSPS) is 13.8. The van der Waals surface area contributed by atoms with Crippen LogP contribution in [0.1, 0.15) is 47.2 Å². The van der Waals surface area contributed by atoms with Crippen LogP contribution in [0.25, 0.3) is 27.6 Å². The lowest BCUT2D eigenvalue weighted by atomic mass is 9.92. The molecule has 0 fully saturated rings. The van der Waals surface area contributed by atoms with E-state index < -0.39 is 5.97 Å². The molecule has 0 radical (unpaired) electrons. The van der Waals surface area contributed by atoms with Crippen LogP contribution >= 0.6 is 0 Å². The first-order valence-corrected chi connectivity index (χ1v) is 11.3. The van der Waals surface area contributed by atoms with E-state index in [1.54, 1.807) is 12.1 Å². The lowest BCUT2D eigenvalue weighted by Gasteiger charge is -2.13. The van der Waals surface area contributed by atoms with Crippen LogP contribution in [0.3, 0.4) is 0 Å². The van der Waals surface area contributed by atoms with Crippen LogP contribution < -0.4 is 0 Å². The summed E-state index contributed by atoms with van der Waals surface area (Å²) in [6.07, 6.45) is 10.3. The zero-order chi connectivity index (χ0) is 21.9. The summed E-state index contributed by atoms with van der Waals surface area (Å²) in [6.45, 7) is 0.744. The van der Waals surface area contributed by atoms with Crippen LogP contribution in [0.5, 0.6) is 0 Å². The number of carbonyl (C=O) groups is 1. The second kappa shape index (κ2) is 8.83. The molecule has 0 aliphatic heterocycles. The molecule has 1 aliphatic carbocycles. The molecule has 5 rings (SSSR count). The van der Waals surface area contributed by atoms with Crippen LogP contribution in [0.15, 0.2) is 79.0 Å². The molecular weight excluding hydrogens is 396 g/mol. The van der Waals surface area contributed by atoms with Crippen molar-refractivity contribution < 1.29 is 9.90 Å². The topological polar surface area (TPSA) is 55.1 Å². The average molecular weight is 423 g/mol. The molecule has 160 valence electrons. The minimum absolute atomic E-state index is 0.314. The molecule has 0 saturated carbocycles. The fraction of sp³-hybridized carbons (Fsp3) is 0.214. The highest BCUT2D eigenvalue weighted by Crippen LogP contribution is 2.31. The van der Waals surface area contributed by atoms with E-state index in [9.17, 15) is 4.79 Å². The number of carboxylic acids is 1. The lowest BCUT2D eigenvalue weighted by Crippen LogP contribution is -2.02. The Morgan fingerprint density at radius 3 is 2.44 bits per heavy atom. The van der Waals surface area contributed by atoms with E-state index in [2.05, 4.69) is 54.7 Å². The highest BCUT2D eigenvalue weighted by molar-refractivity contribution is 5.94. The van der Waals surface area contributed by atoms with E-state index in [0.717, 1.165) is 29.4 Å². The fourth-order valence-electron chi connectivity index (χ4n) is 4.48. The van der Waals surface area contributed by atoms with Crippen LogP contribution in [-0.4, -0.2) is 20.9 Å². The van der Waals surface area contributed by atoms with Gasteiger partial charge in [0.25, 0.3) is 0 Å². The number of hydrogen-bond donors (Lipinski definition) is 1. The van der Waals surface area contributed by atoms with Crippen LogP contribution in [-0.2, 0) is 13.0 Å². The number of nitrogens with zero attached hydrogens (tertiary/aromatic N) is 2. The fourth-order valence-corrected chi connectivity index (χ4v) is 4.48. The minimum atomic E-state index is -0.897. The molecule has 32 heavy (non-hydrogen) atoms. The van der Waals surface area contributed by atoms with Gasteiger partial charge in [0.2, 0.25) is 0 Å². The third kappa shape index (κ3) is 4.22. The molecule has 0 saturated heterocycles. The molecule has 0 amide bonds. The molecule has 0 spiro atoms. The van der Waals surface area contributed by atoms with Crippen molar-refractivity contribution in [3.05, 3.63) is 95.7 Å². The van der Waals surface area contributed by atoms with E-state index in [1.165, 1.54) is 47.9 Å². The maximum Gasteiger partial charge on any atom is 0.335 e. The average Bonchev–Trinajstić information content (AvgIpc) is 3.27. The molecule has 0 unspecified atom stereocenters. The Labute approximate surface area is 187 Å². The molecule has 1 heterocycles. The van der Waals surface area contributed by atoms with Gasteiger partial charge >= 0.3 is 5.97 Å². The summed E-state index contributed by atoms with van der Waals surface area (Å²) in [6, 6.07) is 22.3. The third-order valence-electron chi connectivity index (χ3n) is 6.29. The summed E-state index contributed by atoms with van der Waals surface area (Å²) in [5.41, 5.74) is 7.62. The first-order valence-electron chi connectivity index (χ1n) is 11.3. The van der Waals surface area contributed by atoms with Gasteiger partial charge in [-0.25, -0.2) is 4.79 Å². The Morgan fingerprint density at radius 2 is 1.72 bits per heavy atom. The smallest absolute Gasteiger partial charge is 0.335 e. The van der Waals surface area contributed by atoms with Crippen LogP contribution in [0.4, 0.5) is 0 Å². The van der Waals surface area contributed by atoms with Gasteiger partial charge in [-0.15, -0.1) is 0 Å². The van der Waals surface area contributed by atoms with E-state index in [0.29, 0.717) is 5.56 Å². The van der Waals surface area contributed by atoms with Gasteiger partial charge in [0.1, 0.15) is 0 Å². The van der Waals surface area contributed by atoms with Crippen molar-refractivity contribution >= 4 is 22.4 Å². The van der Waals surface area contributed by atoms with Crippen molar-refractivity contribution in [2.24, 2.45) is 0 Å². The largest absolute Gasteiger partial charge is 0.478 e. The molecule has 1 N–H and O–H groups in total. The molecule has 1 aromatic heterocycles. The monoisotopic (exact) mass is 422 g/mol. The van der Waals surface area contributed by atoms with Gasteiger partial charge in [-0.2, -0.15) is 5.10 Å². The van der Waals surface area contributed by atoms with Gasteiger partial charge in [0.05, 0.1) is 11.1 Å². The van der Waals surface area contributed by atoms with Gasteiger partial charge < -0.3 is 5.11 Å². The summed E-state index contributed by atoms with van der Waals surface area (Å²) in [5.74, 6) is -0.897. The zero-order valence-corrected chi connectivity index (χ0v) is 18.0. The van der Waals surface area contributed by atoms with Gasteiger partial charge in [0, 0.05) is 18.1 Å². The summed E-state index contributed by atoms with van der Waals surface area (Å²) in [4.78, 5) is 11.0. The number of carboxylic acid groups (broad SMARTS) is 1. The Morgan fingerprint density at radius 1 is 0.938 bits per heavy atom. The quantitative estimate of drug-likeness (QED) is 0.381. The van der Waals surface area contributed by atoms with Crippen molar-refractivity contribution in [3.8, 4) is 11.1 Å². The number of aromatic nitrogens is 2. The van der Waals surface area contributed by atoms with Crippen LogP contribution in [0.2, 0.25) is 0 Å². The van der Waals surface area contributed by atoms with Gasteiger partial charge in [-0.3, -0.25) is 4.68 Å². The van der Waals surface area contributed by atoms with Gasteiger partial charge in [-0.05, 0) is 78.1 Å². The predicted molar refractivity (Wildman–Crippen MR) is 129 cm³/mol. The lowest BCUT2D eigenvalue weighted by molar-refractivity contribution is 0.0697. The maximum atomic E-state index is 11.0. The van der Waals surface area contributed by atoms with Crippen molar-refractivity contribution in [2.45, 2.75) is 38.6 Å². The predicted octanol–water partition coefficient (Wildman–Crippen LogP) is 6.60. The van der Waals surface area contributed by atoms with Gasteiger partial charge in [0.15, 0.2) is 0 Å². The van der Waals surface area contributed by atoms with Crippen molar-refractivity contribution in [2.75, 3.05) is 0 Å². The summed E-state index contributed by atoms with van der Waals surface area (Å²) >= 11 is 0. The number of aromatic carboxylic acids is 1. The standard InChI is InChI=1S/C28H26N2O2/c31-28(32)24-11-9-20(10-12-24)17-18-30-19-26-25(7-4-8-27(26)29-30)23-15-13-22(14-16-23)21-5-2-1-3-6-21/h4-5,7-16,19H,1-3,6,17-18H2,(H,31,32). The molecule has 0 bridgehead atoms. The molecule has 4 nitrogen and oxygen atoms in total. The van der Waals surface area contributed by atoms with E-state index >= 15 is 0 Å². The Bertz CT molecular complexity index is 1280. The first-order chi connectivity index (χ1) is 15.7. The van der Waals surface area contributed by atoms with E-state index in [4.69, 9.17) is 10.2 Å². The minimum Gasteiger partial charge on any atom is -0.478 e. The SMILES string of the molecule is O=C(O)c1ccc(CCn2cc3c(-c4ccc(C5=CCCCC5)cc4)cccc3n2)cc1. The Balaban J connectivity index is 1.36. The van der Waals surface area contributed by atoms with Crippen molar-refractivity contribution in [1.29, 1.82) is 0 Å². The molecule has 3 aromatic carbocycles. The van der Waals surface area contributed by atoms with E-state index in [-0.39, 0.29) is 0 Å². The number of rotatable bonds is 6. The molecule has 4 heteroatoms. The maximum absolute atomic E-state index is 11.0. The third-order valence-corrected chi connectivity index (χ3v) is 6.29. The molecule has 4 aromatic rings. The molecule has 1 aliphatic rings. The van der Waals surface area contributed by atoms with E-state index in [1.807, 2.05) is 16.8 Å². The zero-order valence-electron chi connectivity index (χ0n) is 18.0. The van der Waals surface area contributed by atoms with Crippen LogP contribution in [0, 0.1) is 0 Å².